The number of carbonyl (C=O) groups is 1. The Hall–Kier alpha value is -2.74. The third-order valence-corrected chi connectivity index (χ3v) is 6.67. The molecule has 0 aliphatic carbocycles. The predicted octanol–water partition coefficient (Wildman–Crippen LogP) is 4.06. The van der Waals surface area contributed by atoms with Crippen LogP contribution in [0.4, 0.5) is 5.69 Å². The van der Waals surface area contributed by atoms with Gasteiger partial charge in [-0.05, 0) is 37.2 Å². The molecule has 1 amide bonds. The van der Waals surface area contributed by atoms with E-state index in [4.69, 9.17) is 4.74 Å². The van der Waals surface area contributed by atoms with E-state index >= 15 is 0 Å². The van der Waals surface area contributed by atoms with E-state index in [2.05, 4.69) is 51.4 Å². The zero-order valence-electron chi connectivity index (χ0n) is 18.9. The summed E-state index contributed by atoms with van der Waals surface area (Å²) in [7, 11) is 3.78. The molecular weight excluding hydrogens is 420 g/mol. The van der Waals surface area contributed by atoms with Crippen LogP contribution in [0.25, 0.3) is 10.6 Å². The topological polar surface area (TPSA) is 57.7 Å². The number of thiazole rings is 1. The Morgan fingerprint density at radius 3 is 2.59 bits per heavy atom. The number of nitrogens with zero attached hydrogens (tertiary/aromatic N) is 3. The van der Waals surface area contributed by atoms with E-state index in [-0.39, 0.29) is 12.3 Å². The summed E-state index contributed by atoms with van der Waals surface area (Å²) in [5.41, 5.74) is 4.93. The van der Waals surface area contributed by atoms with Crippen molar-refractivity contribution in [2.24, 2.45) is 0 Å². The summed E-state index contributed by atoms with van der Waals surface area (Å²) < 4.78 is 5.34. The van der Waals surface area contributed by atoms with Crippen molar-refractivity contribution in [3.05, 3.63) is 64.7 Å². The third-order valence-electron chi connectivity index (χ3n) is 5.73. The Morgan fingerprint density at radius 2 is 1.88 bits per heavy atom. The summed E-state index contributed by atoms with van der Waals surface area (Å²) in [5.74, 6) is 0.549. The van der Waals surface area contributed by atoms with Crippen molar-refractivity contribution in [1.82, 2.24) is 14.8 Å². The predicted molar refractivity (Wildman–Crippen MR) is 130 cm³/mol. The Morgan fingerprint density at radius 1 is 1.12 bits per heavy atom. The maximum atomic E-state index is 12.6. The summed E-state index contributed by atoms with van der Waals surface area (Å²) >= 11 is 1.57. The molecule has 1 N–H and O–H groups in total. The molecule has 168 valence electrons. The van der Waals surface area contributed by atoms with Gasteiger partial charge in [0.05, 0.1) is 24.9 Å². The number of benzene rings is 2. The van der Waals surface area contributed by atoms with Gasteiger partial charge in [0.1, 0.15) is 10.8 Å². The highest BCUT2D eigenvalue weighted by Gasteiger charge is 2.15. The Bertz CT molecular complexity index is 1060. The third kappa shape index (κ3) is 5.73. The van der Waals surface area contributed by atoms with Crippen molar-refractivity contribution >= 4 is 22.9 Å². The van der Waals surface area contributed by atoms with Gasteiger partial charge >= 0.3 is 0 Å². The van der Waals surface area contributed by atoms with Gasteiger partial charge in [-0.15, -0.1) is 11.3 Å². The maximum Gasteiger partial charge on any atom is 0.230 e. The van der Waals surface area contributed by atoms with Crippen molar-refractivity contribution in [2.45, 2.75) is 19.9 Å². The van der Waals surface area contributed by atoms with E-state index in [1.165, 1.54) is 5.56 Å². The van der Waals surface area contributed by atoms with E-state index in [1.54, 1.807) is 18.4 Å². The minimum absolute atomic E-state index is 0.103. The summed E-state index contributed by atoms with van der Waals surface area (Å²) in [6.45, 7) is 7.46. The molecule has 0 saturated carbocycles. The number of anilines is 1. The number of nitrogens with one attached hydrogen (secondary N) is 1. The van der Waals surface area contributed by atoms with Crippen molar-refractivity contribution in [3.63, 3.8) is 0 Å². The molecule has 0 unspecified atom stereocenters. The number of aromatic nitrogens is 1. The largest absolute Gasteiger partial charge is 0.495 e. The van der Waals surface area contributed by atoms with E-state index in [9.17, 15) is 4.79 Å². The lowest BCUT2D eigenvalue weighted by Gasteiger charge is -2.32. The molecule has 6 nitrogen and oxygen atoms in total. The van der Waals surface area contributed by atoms with Gasteiger partial charge in [-0.2, -0.15) is 0 Å². The molecule has 1 fully saturated rings. The highest BCUT2D eigenvalue weighted by atomic mass is 32.1. The zero-order chi connectivity index (χ0) is 22.5. The Labute approximate surface area is 193 Å². The summed E-state index contributed by atoms with van der Waals surface area (Å²) in [4.78, 5) is 22.1. The standard InChI is InChI=1S/C25H30N4O2S/c1-18-4-9-23(31-3)22(14-18)27-24(30)15-21-17-32-25(26-21)20-7-5-19(6-8-20)16-29-12-10-28(2)11-13-29/h4-9,14,17H,10-13,15-16H2,1-3H3,(H,27,30). The molecule has 4 rings (SSSR count). The van der Waals surface area contributed by atoms with Gasteiger partial charge in [0.2, 0.25) is 5.91 Å². The van der Waals surface area contributed by atoms with E-state index in [0.717, 1.165) is 54.6 Å². The van der Waals surface area contributed by atoms with Crippen molar-refractivity contribution in [1.29, 1.82) is 0 Å². The van der Waals surface area contributed by atoms with Crippen LogP contribution in [-0.2, 0) is 17.8 Å². The highest BCUT2D eigenvalue weighted by molar-refractivity contribution is 7.13. The second-order valence-corrected chi connectivity index (χ2v) is 9.21. The Kier molecular flexibility index (Phi) is 7.19. The minimum Gasteiger partial charge on any atom is -0.495 e. The molecule has 0 bridgehead atoms. The molecule has 1 aromatic heterocycles. The number of methoxy groups -OCH3 is 1. The number of likely N-dealkylation sites (N-methyl/N-ethyl adjacent to an activating group) is 1. The lowest BCUT2D eigenvalue weighted by molar-refractivity contribution is -0.115. The number of ether oxygens (including phenoxy) is 1. The molecule has 32 heavy (non-hydrogen) atoms. The van der Waals surface area contributed by atoms with Gasteiger partial charge in [-0.1, -0.05) is 30.3 Å². The first-order valence-corrected chi connectivity index (χ1v) is 11.8. The van der Waals surface area contributed by atoms with Crippen LogP contribution in [-0.4, -0.2) is 61.0 Å². The maximum absolute atomic E-state index is 12.6. The average molecular weight is 451 g/mol. The van der Waals surface area contributed by atoms with Gasteiger partial charge in [-0.25, -0.2) is 4.98 Å². The van der Waals surface area contributed by atoms with Crippen LogP contribution >= 0.6 is 11.3 Å². The number of hydrogen-bond acceptors (Lipinski definition) is 6. The van der Waals surface area contributed by atoms with Crippen LogP contribution in [0.5, 0.6) is 5.75 Å². The SMILES string of the molecule is COc1ccc(C)cc1NC(=O)Cc1csc(-c2ccc(CN3CCN(C)CC3)cc2)n1. The summed E-state index contributed by atoms with van der Waals surface area (Å²) in [6, 6.07) is 14.4. The molecule has 2 heterocycles. The molecule has 0 atom stereocenters. The van der Waals surface area contributed by atoms with Crippen LogP contribution in [0, 0.1) is 6.92 Å². The number of carbonyl (C=O) groups excluding carboxylic acids is 1. The summed E-state index contributed by atoms with van der Waals surface area (Å²) in [5, 5.41) is 5.84. The van der Waals surface area contributed by atoms with Crippen molar-refractivity contribution in [3.8, 4) is 16.3 Å². The quantitative estimate of drug-likeness (QED) is 0.588. The number of rotatable bonds is 7. The second kappa shape index (κ2) is 10.3. The fraction of sp³-hybridized carbons (Fsp3) is 0.360. The molecule has 1 aliphatic rings. The first-order chi connectivity index (χ1) is 15.5. The van der Waals surface area contributed by atoms with E-state index < -0.39 is 0 Å². The normalized spacial score (nSPS) is 15.0. The number of hydrogen-bond donors (Lipinski definition) is 1. The Balaban J connectivity index is 1.35. The fourth-order valence-corrected chi connectivity index (χ4v) is 4.64. The number of piperazine rings is 1. The molecule has 0 spiro atoms. The molecule has 7 heteroatoms. The van der Waals surface area contributed by atoms with Gasteiger partial charge in [0.15, 0.2) is 0 Å². The molecular formula is C25H30N4O2S. The first-order valence-electron chi connectivity index (χ1n) is 10.9. The molecule has 1 saturated heterocycles. The smallest absolute Gasteiger partial charge is 0.230 e. The van der Waals surface area contributed by atoms with E-state index in [1.807, 2.05) is 30.5 Å². The molecule has 0 radical (unpaired) electrons. The van der Waals surface area contributed by atoms with Gasteiger partial charge < -0.3 is 15.0 Å². The second-order valence-electron chi connectivity index (χ2n) is 8.35. The zero-order valence-corrected chi connectivity index (χ0v) is 19.7. The van der Waals surface area contributed by atoms with Crippen LogP contribution in [0.3, 0.4) is 0 Å². The molecule has 2 aromatic carbocycles. The highest BCUT2D eigenvalue weighted by Crippen LogP contribution is 2.27. The lowest BCUT2D eigenvalue weighted by Crippen LogP contribution is -2.43. The van der Waals surface area contributed by atoms with Gasteiger partial charge in [-0.3, -0.25) is 9.69 Å². The van der Waals surface area contributed by atoms with Crippen molar-refractivity contribution < 1.29 is 9.53 Å². The van der Waals surface area contributed by atoms with Crippen LogP contribution < -0.4 is 10.1 Å². The molecule has 1 aliphatic heterocycles. The lowest BCUT2D eigenvalue weighted by atomic mass is 10.1. The van der Waals surface area contributed by atoms with Crippen LogP contribution in [0.1, 0.15) is 16.8 Å². The first kappa shape index (κ1) is 22.5. The monoisotopic (exact) mass is 450 g/mol. The van der Waals surface area contributed by atoms with Crippen LogP contribution in [0.15, 0.2) is 47.8 Å². The van der Waals surface area contributed by atoms with Crippen LogP contribution in [0.2, 0.25) is 0 Å². The van der Waals surface area contributed by atoms with Gasteiger partial charge in [0.25, 0.3) is 0 Å². The fourth-order valence-electron chi connectivity index (χ4n) is 3.82. The molecule has 3 aromatic rings. The number of aryl methyl sites for hydroxylation is 1. The minimum atomic E-state index is -0.103. The van der Waals surface area contributed by atoms with E-state index in [0.29, 0.717) is 11.4 Å². The van der Waals surface area contributed by atoms with Crippen molar-refractivity contribution in [2.75, 3.05) is 45.7 Å². The average Bonchev–Trinajstić information content (AvgIpc) is 3.24. The van der Waals surface area contributed by atoms with Gasteiger partial charge in [0, 0.05) is 43.7 Å². The number of amides is 1. The summed E-state index contributed by atoms with van der Waals surface area (Å²) in [6.07, 6.45) is 0.231.